The quantitative estimate of drug-likeness (QED) is 0.0846. The number of allylic oxidation sites excluding steroid dienone is 1. The predicted molar refractivity (Wildman–Crippen MR) is 177 cm³/mol. The van der Waals surface area contributed by atoms with E-state index in [0.29, 0.717) is 48.1 Å². The number of hydrogen-bond donors (Lipinski definition) is 6. The van der Waals surface area contributed by atoms with Crippen LogP contribution in [0, 0.1) is 5.92 Å². The van der Waals surface area contributed by atoms with Crippen molar-refractivity contribution in [2.24, 2.45) is 22.4 Å². The molecule has 0 fully saturated rings. The summed E-state index contributed by atoms with van der Waals surface area (Å²) >= 11 is 0. The van der Waals surface area contributed by atoms with Crippen molar-refractivity contribution in [1.82, 2.24) is 0 Å². The second kappa shape index (κ2) is 13.8. The van der Waals surface area contributed by atoms with Gasteiger partial charge in [0.2, 0.25) is 5.72 Å². The summed E-state index contributed by atoms with van der Waals surface area (Å²) in [6, 6.07) is 21.1. The fourth-order valence-corrected chi connectivity index (χ4v) is 8.17. The van der Waals surface area contributed by atoms with E-state index >= 15 is 0 Å². The lowest BCUT2D eigenvalue weighted by molar-refractivity contribution is 0.0576. The van der Waals surface area contributed by atoms with E-state index in [9.17, 15) is 28.3 Å². The molecular formula is C35H43N3O7S. The number of aromatic hydroxyl groups is 1. The van der Waals surface area contributed by atoms with E-state index in [1.807, 2.05) is 49.4 Å². The van der Waals surface area contributed by atoms with Gasteiger partial charge in [0.1, 0.15) is 17.6 Å². The Morgan fingerprint density at radius 3 is 2.26 bits per heavy atom. The fraction of sp³-hybridized carbons (Fsp3) is 0.400. The lowest BCUT2D eigenvalue weighted by atomic mass is 9.72. The van der Waals surface area contributed by atoms with Crippen LogP contribution in [-0.4, -0.2) is 46.1 Å². The lowest BCUT2D eigenvalue weighted by Crippen LogP contribution is -2.37. The molecule has 3 aromatic carbocycles. The largest absolute Gasteiger partial charge is 0.508 e. The van der Waals surface area contributed by atoms with Gasteiger partial charge in [-0.3, -0.25) is 4.55 Å². The van der Waals surface area contributed by atoms with Crippen LogP contribution in [0.4, 0.5) is 0 Å². The molecule has 11 heteroatoms. The Hall–Kier alpha value is -3.90. The number of phenols is 1. The SMILES string of the molecule is CCC1CC(S(=O)(=O)O)C2C=C(C(O)c3ccc(O)cc3)CCC2c2ccc(cc2)C(CCCO)(N=C(N)N)Oc2ccc1cc2. The molecule has 6 atom stereocenters. The number of ether oxygens (including phenoxy) is 1. The number of aliphatic hydroxyl groups is 2. The predicted octanol–water partition coefficient (Wildman–Crippen LogP) is 4.98. The number of benzene rings is 3. The first-order chi connectivity index (χ1) is 21.9. The zero-order chi connectivity index (χ0) is 33.1. The molecule has 0 amide bonds. The maximum atomic E-state index is 13.2. The molecule has 46 heavy (non-hydrogen) atoms. The molecule has 3 aromatic rings. The Bertz CT molecular complexity index is 1650. The summed E-state index contributed by atoms with van der Waals surface area (Å²) in [5, 5.41) is 29.7. The first-order valence-electron chi connectivity index (χ1n) is 15.7. The second-order valence-corrected chi connectivity index (χ2v) is 13.9. The Labute approximate surface area is 270 Å². The third-order valence-corrected chi connectivity index (χ3v) is 10.7. The Balaban J connectivity index is 1.69. The number of nitrogens with zero attached hydrogens (tertiary/aromatic N) is 1. The van der Waals surface area contributed by atoms with Crippen LogP contribution in [0.5, 0.6) is 11.5 Å². The molecule has 0 radical (unpaired) electrons. The Morgan fingerprint density at radius 2 is 1.67 bits per heavy atom. The highest BCUT2D eigenvalue weighted by Gasteiger charge is 2.42. The monoisotopic (exact) mass is 649 g/mol. The van der Waals surface area contributed by atoms with E-state index in [-0.39, 0.29) is 43.0 Å². The van der Waals surface area contributed by atoms with E-state index in [2.05, 4.69) is 4.99 Å². The van der Waals surface area contributed by atoms with Gasteiger partial charge in [0.15, 0.2) is 5.96 Å². The van der Waals surface area contributed by atoms with Crippen molar-refractivity contribution in [3.63, 3.8) is 0 Å². The molecule has 10 nitrogen and oxygen atoms in total. The summed E-state index contributed by atoms with van der Waals surface area (Å²) in [4.78, 5) is 4.54. The highest BCUT2D eigenvalue weighted by atomic mass is 32.2. The topological polar surface area (TPSA) is 189 Å². The number of hydrogen-bond acceptors (Lipinski definition) is 7. The molecule has 0 spiro atoms. The van der Waals surface area contributed by atoms with Gasteiger partial charge in [-0.2, -0.15) is 8.42 Å². The second-order valence-electron chi connectivity index (χ2n) is 12.3. The molecular weight excluding hydrogens is 606 g/mol. The summed E-state index contributed by atoms with van der Waals surface area (Å²) in [6.45, 7) is 1.89. The number of aliphatic hydroxyl groups excluding tert-OH is 2. The van der Waals surface area contributed by atoms with Crippen LogP contribution < -0.4 is 16.2 Å². The fourth-order valence-electron chi connectivity index (χ4n) is 7.03. The molecule has 4 heterocycles. The van der Waals surface area contributed by atoms with Crippen LogP contribution in [0.15, 0.2) is 89.4 Å². The van der Waals surface area contributed by atoms with Gasteiger partial charge in [0.05, 0.1) is 5.25 Å². The molecule has 8 N–H and O–H groups in total. The molecule has 4 bridgehead atoms. The Kier molecular flexibility index (Phi) is 10.1. The van der Waals surface area contributed by atoms with Crippen LogP contribution >= 0.6 is 0 Å². The summed E-state index contributed by atoms with van der Waals surface area (Å²) in [7, 11) is -4.54. The smallest absolute Gasteiger partial charge is 0.268 e. The molecule has 5 aliphatic rings. The van der Waals surface area contributed by atoms with E-state index in [1.54, 1.807) is 24.3 Å². The van der Waals surface area contributed by atoms with Crippen LogP contribution in [0.2, 0.25) is 0 Å². The number of aliphatic imine (C=N–C) groups is 1. The summed E-state index contributed by atoms with van der Waals surface area (Å²) in [5.41, 5.74) is 14.1. The first-order valence-corrected chi connectivity index (χ1v) is 17.2. The van der Waals surface area contributed by atoms with Gasteiger partial charge in [0, 0.05) is 24.5 Å². The van der Waals surface area contributed by atoms with Gasteiger partial charge in [0.25, 0.3) is 10.1 Å². The normalized spacial score (nSPS) is 25.3. The number of guanidine groups is 1. The van der Waals surface area contributed by atoms with E-state index in [0.717, 1.165) is 11.1 Å². The highest BCUT2D eigenvalue weighted by Crippen LogP contribution is 2.47. The number of rotatable bonds is 8. The maximum absolute atomic E-state index is 13.2. The van der Waals surface area contributed by atoms with Gasteiger partial charge < -0.3 is 31.5 Å². The molecule has 0 aromatic heterocycles. The van der Waals surface area contributed by atoms with Crippen molar-refractivity contribution >= 4 is 16.1 Å². The zero-order valence-electron chi connectivity index (χ0n) is 25.9. The van der Waals surface area contributed by atoms with Crippen molar-refractivity contribution in [3.05, 3.63) is 107 Å². The Morgan fingerprint density at radius 1 is 1.02 bits per heavy atom. The molecule has 4 aliphatic heterocycles. The van der Waals surface area contributed by atoms with Crippen molar-refractivity contribution in [2.75, 3.05) is 6.61 Å². The first kappa shape index (κ1) is 33.5. The minimum atomic E-state index is -4.54. The van der Waals surface area contributed by atoms with Crippen molar-refractivity contribution in [3.8, 4) is 11.5 Å². The van der Waals surface area contributed by atoms with Crippen molar-refractivity contribution < 1.29 is 33.0 Å². The highest BCUT2D eigenvalue weighted by molar-refractivity contribution is 7.86. The van der Waals surface area contributed by atoms with Crippen LogP contribution in [0.1, 0.15) is 85.6 Å². The third-order valence-electron chi connectivity index (χ3n) is 9.41. The standard InChI is InChI=1S/C35H43N3O7S/c1-2-22-21-32(46(42,43)44)31-20-26(33(41)25-6-13-28(40)14-7-25)10-17-30(31)24-4-11-27(12-5-24)35(18-3-19-39,38-34(36)37)45-29-15-8-23(22)9-16-29/h4-9,11-16,20,22,30-33,39-41H,2-3,10,17-19,21H2,1H3,(H4,36,37,38)(H,42,43,44). The average molecular weight is 650 g/mol. The average Bonchev–Trinajstić information content (AvgIpc) is 3.04. The molecule has 0 saturated heterocycles. The summed E-state index contributed by atoms with van der Waals surface area (Å²) < 4.78 is 43.8. The van der Waals surface area contributed by atoms with Crippen LogP contribution in [-0.2, 0) is 15.8 Å². The molecule has 8 rings (SSSR count). The van der Waals surface area contributed by atoms with E-state index in [4.69, 9.17) is 16.2 Å². The van der Waals surface area contributed by atoms with Crippen LogP contribution in [0.25, 0.3) is 0 Å². The minimum Gasteiger partial charge on any atom is -0.508 e. The van der Waals surface area contributed by atoms with Crippen molar-refractivity contribution in [2.45, 2.75) is 74.4 Å². The summed E-state index contributed by atoms with van der Waals surface area (Å²) in [6.07, 6.45) is 3.31. The molecule has 6 unspecified atom stereocenters. The summed E-state index contributed by atoms with van der Waals surface area (Å²) in [5.74, 6) is -0.743. The minimum absolute atomic E-state index is 0.0783. The number of nitrogens with two attached hydrogens (primary N) is 2. The van der Waals surface area contributed by atoms with Crippen molar-refractivity contribution in [1.29, 1.82) is 0 Å². The number of phenolic OH excluding ortho intramolecular Hbond substituents is 1. The molecule has 246 valence electrons. The maximum Gasteiger partial charge on any atom is 0.268 e. The van der Waals surface area contributed by atoms with Gasteiger partial charge in [-0.15, -0.1) is 0 Å². The lowest BCUT2D eigenvalue weighted by Gasteiger charge is -2.37. The van der Waals surface area contributed by atoms with Crippen LogP contribution in [0.3, 0.4) is 0 Å². The third kappa shape index (κ3) is 7.23. The molecule has 0 saturated carbocycles. The van der Waals surface area contributed by atoms with Gasteiger partial charge in [-0.25, -0.2) is 4.99 Å². The van der Waals surface area contributed by atoms with E-state index in [1.165, 1.54) is 12.1 Å². The van der Waals surface area contributed by atoms with E-state index < -0.39 is 33.1 Å². The molecule has 1 aliphatic carbocycles. The van der Waals surface area contributed by atoms with Gasteiger partial charge >= 0.3 is 0 Å². The van der Waals surface area contributed by atoms with Gasteiger partial charge in [-0.1, -0.05) is 61.5 Å². The zero-order valence-corrected chi connectivity index (χ0v) is 26.7. The van der Waals surface area contributed by atoms with Gasteiger partial charge in [-0.05, 0) is 90.5 Å².